The molecule has 0 amide bonds. The minimum atomic E-state index is -0.424. The first kappa shape index (κ1) is 12.9. The van der Waals surface area contributed by atoms with Gasteiger partial charge in [0.1, 0.15) is 5.76 Å². The van der Waals surface area contributed by atoms with Gasteiger partial charge in [0, 0.05) is 28.2 Å². The molecule has 2 aromatic rings. The number of nitrogens with zero attached hydrogens (tertiary/aromatic N) is 2. The highest BCUT2D eigenvalue weighted by atomic mass is 16.6. The molecule has 0 fully saturated rings. The number of furan rings is 1. The van der Waals surface area contributed by atoms with Gasteiger partial charge in [0.2, 0.25) is 0 Å². The first-order valence-corrected chi connectivity index (χ1v) is 5.78. The van der Waals surface area contributed by atoms with Crippen molar-refractivity contribution in [2.45, 2.75) is 12.8 Å². The number of non-ortho nitro benzene ring substituents is 1. The molecular formula is C13H13N2O4+. The van der Waals surface area contributed by atoms with Crippen molar-refractivity contribution < 1.29 is 14.1 Å². The molecule has 0 saturated heterocycles. The van der Waals surface area contributed by atoms with Crippen LogP contribution in [0.25, 0.3) is 0 Å². The summed E-state index contributed by atoms with van der Waals surface area (Å²) in [5, 5.41) is 10.5. The number of benzene rings is 1. The molecule has 19 heavy (non-hydrogen) atoms. The summed E-state index contributed by atoms with van der Waals surface area (Å²) in [6.07, 6.45) is 2.76. The van der Waals surface area contributed by atoms with Crippen LogP contribution in [0, 0.1) is 15.0 Å². The van der Waals surface area contributed by atoms with Gasteiger partial charge in [-0.3, -0.25) is 10.1 Å². The normalized spacial score (nSPS) is 10.4. The van der Waals surface area contributed by atoms with Gasteiger partial charge >= 0.3 is 0 Å². The van der Waals surface area contributed by atoms with Gasteiger partial charge in [0.05, 0.1) is 11.0 Å². The molecule has 0 N–H and O–H groups in total. The number of nitroso groups, excluding NO2 is 1. The van der Waals surface area contributed by atoms with E-state index in [1.807, 2.05) is 0 Å². The van der Waals surface area contributed by atoms with E-state index in [0.717, 1.165) is 16.1 Å². The monoisotopic (exact) mass is 261 g/mol. The highest BCUT2D eigenvalue weighted by Gasteiger charge is 2.12. The molecule has 1 aromatic carbocycles. The summed E-state index contributed by atoms with van der Waals surface area (Å²) >= 11 is 0. The fraction of sp³-hybridized carbons (Fsp3) is 0.231. The number of nitro groups is 1. The van der Waals surface area contributed by atoms with Crippen molar-refractivity contribution in [3.05, 3.63) is 62.9 Å². The van der Waals surface area contributed by atoms with Gasteiger partial charge in [0.15, 0.2) is 13.3 Å². The number of rotatable bonds is 5. The molecule has 0 radical (unpaired) electrons. The third-order valence-corrected chi connectivity index (χ3v) is 2.81. The molecule has 1 aromatic heterocycles. The summed E-state index contributed by atoms with van der Waals surface area (Å²) in [4.78, 5) is 21.1. The molecule has 6 heteroatoms. The van der Waals surface area contributed by atoms with Crippen LogP contribution < -0.4 is 0 Å². The highest BCUT2D eigenvalue weighted by Crippen LogP contribution is 2.18. The van der Waals surface area contributed by atoms with Gasteiger partial charge < -0.3 is 4.42 Å². The molecular weight excluding hydrogens is 248 g/mol. The molecule has 0 atom stereocenters. The molecule has 0 saturated carbocycles. The van der Waals surface area contributed by atoms with Gasteiger partial charge in [-0.15, -0.1) is 0 Å². The van der Waals surface area contributed by atoms with E-state index in [2.05, 4.69) is 0 Å². The lowest BCUT2D eigenvalue weighted by Gasteiger charge is -1.98. The van der Waals surface area contributed by atoms with Crippen LogP contribution in [0.5, 0.6) is 0 Å². The Bertz CT molecular complexity index is 601. The fourth-order valence-corrected chi connectivity index (χ4v) is 1.72. The van der Waals surface area contributed by atoms with E-state index >= 15 is 0 Å². The van der Waals surface area contributed by atoms with E-state index in [1.165, 1.54) is 25.4 Å². The molecule has 0 spiro atoms. The van der Waals surface area contributed by atoms with Crippen molar-refractivity contribution in [2.24, 2.45) is 0 Å². The van der Waals surface area contributed by atoms with Crippen LogP contribution >= 0.6 is 0 Å². The maximum Gasteiger partial charge on any atom is 0.293 e. The zero-order chi connectivity index (χ0) is 13.8. The SMILES string of the molecule is C[N+](=O)c1coc(CCc2ccc([N+](=O)[O-])cc2)c1. The fourth-order valence-electron chi connectivity index (χ4n) is 1.72. The molecule has 6 nitrogen and oxygen atoms in total. The Morgan fingerprint density at radius 3 is 2.32 bits per heavy atom. The smallest absolute Gasteiger partial charge is 0.293 e. The molecule has 0 unspecified atom stereocenters. The van der Waals surface area contributed by atoms with Gasteiger partial charge in [-0.25, -0.2) is 0 Å². The van der Waals surface area contributed by atoms with Gasteiger partial charge in [-0.2, -0.15) is 0 Å². The summed E-state index contributed by atoms with van der Waals surface area (Å²) in [5.41, 5.74) is 1.55. The first-order valence-electron chi connectivity index (χ1n) is 5.78. The average molecular weight is 261 g/mol. The van der Waals surface area contributed by atoms with Crippen molar-refractivity contribution in [1.82, 2.24) is 0 Å². The quantitative estimate of drug-likeness (QED) is 0.471. The minimum Gasteiger partial charge on any atom is -0.462 e. The van der Waals surface area contributed by atoms with E-state index in [0.29, 0.717) is 18.5 Å². The van der Waals surface area contributed by atoms with Crippen LogP contribution in [0.15, 0.2) is 41.0 Å². The van der Waals surface area contributed by atoms with Crippen molar-refractivity contribution in [3.63, 3.8) is 0 Å². The van der Waals surface area contributed by atoms with Crippen molar-refractivity contribution in [2.75, 3.05) is 7.05 Å². The number of hydrogen-bond acceptors (Lipinski definition) is 4. The van der Waals surface area contributed by atoms with Crippen LogP contribution in [0.2, 0.25) is 0 Å². The topological polar surface area (TPSA) is 76.4 Å². The zero-order valence-corrected chi connectivity index (χ0v) is 10.4. The average Bonchev–Trinajstić information content (AvgIpc) is 2.86. The lowest BCUT2D eigenvalue weighted by atomic mass is 10.1. The van der Waals surface area contributed by atoms with Crippen LogP contribution in [0.1, 0.15) is 11.3 Å². The lowest BCUT2D eigenvalue weighted by molar-refractivity contribution is -0.428. The standard InChI is InChI=1S/C13H13N2O4/c1-14(16)12-8-13(19-9-12)7-4-10-2-5-11(6-3-10)15(17)18/h2-3,5-6,8-9H,4,7H2,1H3/q+1. The van der Waals surface area contributed by atoms with Crippen LogP contribution in [0.3, 0.4) is 0 Å². The maximum absolute atomic E-state index is 11.0. The third kappa shape index (κ3) is 3.25. The van der Waals surface area contributed by atoms with Gasteiger partial charge in [0.25, 0.3) is 11.4 Å². The van der Waals surface area contributed by atoms with Crippen molar-refractivity contribution in [1.29, 1.82) is 0 Å². The Morgan fingerprint density at radius 1 is 1.11 bits per heavy atom. The number of aryl methyl sites for hydroxylation is 2. The van der Waals surface area contributed by atoms with Crippen molar-refractivity contribution >= 4 is 11.4 Å². The second-order valence-corrected chi connectivity index (χ2v) is 4.19. The zero-order valence-electron chi connectivity index (χ0n) is 10.4. The second-order valence-electron chi connectivity index (χ2n) is 4.19. The van der Waals surface area contributed by atoms with E-state index in [-0.39, 0.29) is 5.69 Å². The number of hydrogen-bond donors (Lipinski definition) is 0. The van der Waals surface area contributed by atoms with E-state index < -0.39 is 4.92 Å². The van der Waals surface area contributed by atoms with E-state index in [9.17, 15) is 15.0 Å². The van der Waals surface area contributed by atoms with Crippen molar-refractivity contribution in [3.8, 4) is 0 Å². The van der Waals surface area contributed by atoms with Crippen LogP contribution in [-0.2, 0) is 12.8 Å². The Balaban J connectivity index is 1.97. The third-order valence-electron chi connectivity index (χ3n) is 2.81. The Morgan fingerprint density at radius 2 is 1.79 bits per heavy atom. The molecule has 1 heterocycles. The predicted molar refractivity (Wildman–Crippen MR) is 68.4 cm³/mol. The van der Waals surface area contributed by atoms with E-state index in [4.69, 9.17) is 4.42 Å². The first-order chi connectivity index (χ1) is 9.06. The Hall–Kier alpha value is -2.50. The lowest BCUT2D eigenvalue weighted by Crippen LogP contribution is -1.92. The molecule has 0 aliphatic heterocycles. The summed E-state index contributed by atoms with van der Waals surface area (Å²) in [7, 11) is 1.41. The molecule has 0 bridgehead atoms. The second kappa shape index (κ2) is 5.43. The minimum absolute atomic E-state index is 0.0806. The van der Waals surface area contributed by atoms with E-state index in [1.54, 1.807) is 18.2 Å². The predicted octanol–water partition coefficient (Wildman–Crippen LogP) is 3.01. The Kier molecular flexibility index (Phi) is 3.70. The molecule has 0 aliphatic carbocycles. The summed E-state index contributed by atoms with van der Waals surface area (Å²) in [6, 6.07) is 8.10. The van der Waals surface area contributed by atoms with Gasteiger partial charge in [-0.1, -0.05) is 12.1 Å². The highest BCUT2D eigenvalue weighted by molar-refractivity contribution is 5.33. The van der Waals surface area contributed by atoms with Crippen LogP contribution in [-0.4, -0.2) is 16.7 Å². The summed E-state index contributed by atoms with van der Waals surface area (Å²) in [6.45, 7) is 0. The molecule has 2 rings (SSSR count). The Labute approximate surface area is 109 Å². The largest absolute Gasteiger partial charge is 0.462 e. The molecule has 0 aliphatic rings. The summed E-state index contributed by atoms with van der Waals surface area (Å²) < 4.78 is 5.99. The van der Waals surface area contributed by atoms with Gasteiger partial charge in [-0.05, 0) is 12.0 Å². The molecule has 98 valence electrons. The maximum atomic E-state index is 11.0. The van der Waals surface area contributed by atoms with Crippen LogP contribution in [0.4, 0.5) is 11.4 Å². The summed E-state index contributed by atoms with van der Waals surface area (Å²) in [5.74, 6) is 0.719. The number of nitro benzene ring substituents is 1.